The van der Waals surface area contributed by atoms with E-state index in [0.29, 0.717) is 24.1 Å². The van der Waals surface area contributed by atoms with Gasteiger partial charge in [-0.05, 0) is 18.1 Å². The lowest BCUT2D eigenvalue weighted by Gasteiger charge is -2.10. The fraction of sp³-hybridized carbons (Fsp3) is 0.235. The minimum Gasteiger partial charge on any atom is -0.368 e. The number of nitrogen functional groups attached to an aromatic ring is 1. The van der Waals surface area contributed by atoms with Crippen molar-refractivity contribution in [3.05, 3.63) is 48.3 Å². The minimum absolute atomic E-state index is 0.183. The topological polar surface area (TPSA) is 115 Å². The summed E-state index contributed by atoms with van der Waals surface area (Å²) >= 11 is 2.97. The lowest BCUT2D eigenvalue weighted by atomic mass is 10.1. The zero-order valence-corrected chi connectivity index (χ0v) is 16.5. The predicted octanol–water partition coefficient (Wildman–Crippen LogP) is 3.50. The Bertz CT molecular complexity index is 911. The van der Waals surface area contributed by atoms with Crippen molar-refractivity contribution in [3.63, 3.8) is 0 Å². The van der Waals surface area contributed by atoms with Crippen LogP contribution in [0, 0.1) is 0 Å². The third-order valence-corrected chi connectivity index (χ3v) is 5.48. The van der Waals surface area contributed by atoms with Crippen LogP contribution in [-0.4, -0.2) is 31.7 Å². The normalized spacial score (nSPS) is 10.6. The van der Waals surface area contributed by atoms with Crippen molar-refractivity contribution in [2.75, 3.05) is 22.9 Å². The number of aromatic nitrogens is 5. The van der Waals surface area contributed by atoms with Crippen LogP contribution in [0.2, 0.25) is 0 Å². The average molecular weight is 401 g/mol. The fourth-order valence-corrected chi connectivity index (χ4v) is 3.87. The van der Waals surface area contributed by atoms with E-state index in [2.05, 4.69) is 55.4 Å². The number of para-hydroxylation sites is 1. The summed E-state index contributed by atoms with van der Waals surface area (Å²) in [6.45, 7) is 6.42. The maximum absolute atomic E-state index is 5.86. The molecule has 0 saturated carbocycles. The molecular formula is C17H20N8S2. The Kier molecular flexibility index (Phi) is 6.55. The van der Waals surface area contributed by atoms with Crippen molar-refractivity contribution in [1.82, 2.24) is 25.1 Å². The molecule has 2 heterocycles. The molecule has 0 amide bonds. The molecule has 0 aliphatic rings. The summed E-state index contributed by atoms with van der Waals surface area (Å²) in [7, 11) is 0. The molecule has 8 nitrogen and oxygen atoms in total. The van der Waals surface area contributed by atoms with Crippen LogP contribution >= 0.6 is 23.1 Å². The van der Waals surface area contributed by atoms with Gasteiger partial charge in [-0.3, -0.25) is 0 Å². The molecule has 3 aromatic rings. The van der Waals surface area contributed by atoms with E-state index >= 15 is 0 Å². The lowest BCUT2D eigenvalue weighted by molar-refractivity contribution is 0.973. The summed E-state index contributed by atoms with van der Waals surface area (Å²) in [5, 5.41) is 15.3. The number of thioether (sulfide) groups is 1. The van der Waals surface area contributed by atoms with Gasteiger partial charge in [0.15, 0.2) is 4.34 Å². The molecule has 0 saturated heterocycles. The first-order chi connectivity index (χ1) is 13.2. The van der Waals surface area contributed by atoms with Gasteiger partial charge in [0, 0.05) is 12.2 Å². The largest absolute Gasteiger partial charge is 0.368 e. The standard InChI is InChI=1S/C17H20N8S2/c1-3-9-19-16-24-25-17(27-16)26-10-13-21-14(18)23-15(22-13)20-12-8-6-5-7-11(12)4-2/h3,5-8H,1,4,9-10H2,2H3,(H,19,24)(H3,18,20,21,22,23). The highest BCUT2D eigenvalue weighted by Crippen LogP contribution is 2.28. The molecule has 0 bridgehead atoms. The third-order valence-electron chi connectivity index (χ3n) is 3.47. The van der Waals surface area contributed by atoms with Crippen LogP contribution < -0.4 is 16.4 Å². The van der Waals surface area contributed by atoms with Crippen molar-refractivity contribution >= 4 is 45.8 Å². The van der Waals surface area contributed by atoms with Gasteiger partial charge in [-0.1, -0.05) is 54.3 Å². The van der Waals surface area contributed by atoms with Crippen LogP contribution in [0.4, 0.5) is 22.7 Å². The molecule has 4 N–H and O–H groups in total. The molecule has 1 aromatic carbocycles. The van der Waals surface area contributed by atoms with Gasteiger partial charge in [-0.2, -0.15) is 15.0 Å². The zero-order valence-electron chi connectivity index (χ0n) is 14.8. The Morgan fingerprint density at radius 2 is 2.07 bits per heavy atom. The zero-order chi connectivity index (χ0) is 19.1. The maximum atomic E-state index is 5.86. The second kappa shape index (κ2) is 9.28. The Hall–Kier alpha value is -2.72. The molecule has 0 radical (unpaired) electrons. The second-order valence-electron chi connectivity index (χ2n) is 5.40. The molecule has 0 unspecified atom stereocenters. The minimum atomic E-state index is 0.183. The van der Waals surface area contributed by atoms with Gasteiger partial charge in [-0.25, -0.2) is 0 Å². The molecule has 0 aliphatic heterocycles. The summed E-state index contributed by atoms with van der Waals surface area (Å²) in [4.78, 5) is 12.9. The number of hydrogen-bond donors (Lipinski definition) is 3. The van der Waals surface area contributed by atoms with Gasteiger partial charge in [0.1, 0.15) is 5.82 Å². The Morgan fingerprint density at radius 1 is 1.22 bits per heavy atom. The molecule has 140 valence electrons. The Labute approximate surface area is 165 Å². The van der Waals surface area contributed by atoms with Gasteiger partial charge < -0.3 is 16.4 Å². The van der Waals surface area contributed by atoms with Crippen molar-refractivity contribution < 1.29 is 0 Å². The highest BCUT2D eigenvalue weighted by molar-refractivity contribution is 8.00. The van der Waals surface area contributed by atoms with E-state index < -0.39 is 0 Å². The first kappa shape index (κ1) is 19.1. The third kappa shape index (κ3) is 5.38. The van der Waals surface area contributed by atoms with Gasteiger partial charge in [0.2, 0.25) is 17.0 Å². The van der Waals surface area contributed by atoms with Crippen LogP contribution in [0.1, 0.15) is 18.3 Å². The Balaban J connectivity index is 1.68. The Morgan fingerprint density at radius 3 is 2.89 bits per heavy atom. The number of nitrogens with one attached hydrogen (secondary N) is 2. The molecule has 0 spiro atoms. The van der Waals surface area contributed by atoms with E-state index in [1.54, 1.807) is 6.08 Å². The number of aryl methyl sites for hydroxylation is 1. The van der Waals surface area contributed by atoms with Crippen LogP contribution in [0.25, 0.3) is 0 Å². The van der Waals surface area contributed by atoms with Crippen LogP contribution in [0.5, 0.6) is 0 Å². The summed E-state index contributed by atoms with van der Waals surface area (Å²) in [6, 6.07) is 8.04. The molecule has 0 aliphatic carbocycles. The molecule has 10 heteroatoms. The van der Waals surface area contributed by atoms with E-state index in [-0.39, 0.29) is 5.95 Å². The van der Waals surface area contributed by atoms with Crippen molar-refractivity contribution in [1.29, 1.82) is 0 Å². The van der Waals surface area contributed by atoms with Crippen LogP contribution in [0.3, 0.4) is 0 Å². The van der Waals surface area contributed by atoms with Gasteiger partial charge >= 0.3 is 0 Å². The van der Waals surface area contributed by atoms with Crippen LogP contribution in [0.15, 0.2) is 41.3 Å². The van der Waals surface area contributed by atoms with Gasteiger partial charge in [0.25, 0.3) is 0 Å². The van der Waals surface area contributed by atoms with E-state index in [1.807, 2.05) is 18.2 Å². The molecule has 0 atom stereocenters. The van der Waals surface area contributed by atoms with E-state index in [4.69, 9.17) is 5.73 Å². The maximum Gasteiger partial charge on any atom is 0.232 e. The second-order valence-corrected chi connectivity index (χ2v) is 7.60. The van der Waals surface area contributed by atoms with Crippen molar-refractivity contribution in [2.45, 2.75) is 23.4 Å². The van der Waals surface area contributed by atoms with Crippen molar-refractivity contribution in [3.8, 4) is 0 Å². The molecule has 2 aromatic heterocycles. The number of benzene rings is 1. The summed E-state index contributed by atoms with van der Waals surface area (Å²) in [6.07, 6.45) is 2.68. The quantitative estimate of drug-likeness (QED) is 0.366. The predicted molar refractivity (Wildman–Crippen MR) is 111 cm³/mol. The lowest BCUT2D eigenvalue weighted by Crippen LogP contribution is -2.07. The first-order valence-corrected chi connectivity index (χ1v) is 10.1. The van der Waals surface area contributed by atoms with E-state index in [9.17, 15) is 0 Å². The highest BCUT2D eigenvalue weighted by atomic mass is 32.2. The summed E-state index contributed by atoms with van der Waals surface area (Å²) < 4.78 is 0.825. The molecule has 3 rings (SSSR count). The number of hydrogen-bond acceptors (Lipinski definition) is 10. The number of anilines is 4. The fourth-order valence-electron chi connectivity index (χ4n) is 2.25. The van der Waals surface area contributed by atoms with E-state index in [1.165, 1.54) is 28.7 Å². The first-order valence-electron chi connectivity index (χ1n) is 8.34. The summed E-state index contributed by atoms with van der Waals surface area (Å²) in [5.74, 6) is 1.72. The monoisotopic (exact) mass is 400 g/mol. The molecule has 0 fully saturated rings. The summed E-state index contributed by atoms with van der Waals surface area (Å²) in [5.41, 5.74) is 8.00. The smallest absolute Gasteiger partial charge is 0.232 e. The van der Waals surface area contributed by atoms with Gasteiger partial charge in [0.05, 0.1) is 5.75 Å². The molecular weight excluding hydrogens is 380 g/mol. The van der Waals surface area contributed by atoms with E-state index in [0.717, 1.165) is 21.6 Å². The average Bonchev–Trinajstić information content (AvgIpc) is 3.12. The van der Waals surface area contributed by atoms with Gasteiger partial charge in [-0.15, -0.1) is 16.8 Å². The van der Waals surface area contributed by atoms with Crippen molar-refractivity contribution in [2.24, 2.45) is 0 Å². The SMILES string of the molecule is C=CCNc1nnc(SCc2nc(N)nc(Nc3ccccc3CC)n2)s1. The van der Waals surface area contributed by atoms with Crippen LogP contribution in [-0.2, 0) is 12.2 Å². The number of nitrogens with two attached hydrogens (primary N) is 1. The number of rotatable bonds is 9. The number of nitrogens with zero attached hydrogens (tertiary/aromatic N) is 5. The highest BCUT2D eigenvalue weighted by Gasteiger charge is 2.10. The molecule has 27 heavy (non-hydrogen) atoms.